The van der Waals surface area contributed by atoms with Gasteiger partial charge in [-0.25, -0.2) is 0 Å². The quantitative estimate of drug-likeness (QED) is 0.404. The average Bonchev–Trinajstić information content (AvgIpc) is 2.43. The van der Waals surface area contributed by atoms with E-state index in [1.807, 2.05) is 0 Å². The predicted octanol–water partition coefficient (Wildman–Crippen LogP) is 0.247. The van der Waals surface area contributed by atoms with Gasteiger partial charge in [0.15, 0.2) is 6.16 Å². The maximum atomic E-state index is 11.6. The van der Waals surface area contributed by atoms with Crippen LogP contribution < -0.4 is 11.1 Å². The molecule has 1 amide bonds. The van der Waals surface area contributed by atoms with Crippen LogP contribution in [0.1, 0.15) is 45.4 Å². The van der Waals surface area contributed by atoms with Crippen LogP contribution in [-0.2, 0) is 9.36 Å². The van der Waals surface area contributed by atoms with Crippen LogP contribution in [-0.4, -0.2) is 52.0 Å². The smallest absolute Gasteiger partial charge is 0.391 e. The fourth-order valence-electron chi connectivity index (χ4n) is 3.14. The molecule has 1 aliphatic carbocycles. The molecule has 6 N–H and O–H groups in total. The first-order chi connectivity index (χ1) is 10.3. The van der Waals surface area contributed by atoms with Gasteiger partial charge in [-0.3, -0.25) is 4.79 Å². The van der Waals surface area contributed by atoms with E-state index in [2.05, 4.69) is 5.32 Å². The van der Waals surface area contributed by atoms with Crippen LogP contribution in [0.4, 0.5) is 0 Å². The highest BCUT2D eigenvalue weighted by Gasteiger charge is 2.41. The first-order valence-electron chi connectivity index (χ1n) is 7.79. The Labute approximate surface area is 132 Å². The van der Waals surface area contributed by atoms with Crippen molar-refractivity contribution < 1.29 is 24.5 Å². The molecule has 0 saturated heterocycles. The molecule has 1 rings (SSSR count). The van der Waals surface area contributed by atoms with Gasteiger partial charge >= 0.3 is 8.03 Å². The number of nitrogens with one attached hydrogen (secondary N) is 1. The number of amides is 1. The van der Waals surface area contributed by atoms with Crippen molar-refractivity contribution >= 4 is 13.9 Å². The molecular formula is C14H28N2O5P+. The molecule has 4 unspecified atom stereocenters. The normalized spacial score (nSPS) is 22.5. The molecule has 0 bridgehead atoms. The highest BCUT2D eigenvalue weighted by Crippen LogP contribution is 2.44. The van der Waals surface area contributed by atoms with E-state index in [1.165, 1.54) is 6.92 Å². The average molecular weight is 335 g/mol. The molecule has 0 aromatic heterocycles. The molecule has 128 valence electrons. The van der Waals surface area contributed by atoms with Crippen molar-refractivity contribution in [3.63, 3.8) is 0 Å². The van der Waals surface area contributed by atoms with E-state index >= 15 is 0 Å². The summed E-state index contributed by atoms with van der Waals surface area (Å²) in [5.74, 6) is -0.514. The monoisotopic (exact) mass is 335 g/mol. The number of rotatable bonds is 8. The SMILES string of the molecule is CC(O)C(N)C(=O)NCC(O)CC1(C[P+](=O)O)CCCCC1. The number of aliphatic hydroxyl groups excluding tert-OH is 2. The molecule has 4 atom stereocenters. The number of hydrogen-bond donors (Lipinski definition) is 5. The Morgan fingerprint density at radius 1 is 1.32 bits per heavy atom. The van der Waals surface area contributed by atoms with Crippen molar-refractivity contribution in [3.8, 4) is 0 Å². The molecule has 22 heavy (non-hydrogen) atoms. The zero-order valence-corrected chi connectivity index (χ0v) is 14.0. The Hall–Kier alpha value is -0.590. The van der Waals surface area contributed by atoms with Crippen molar-refractivity contribution in [3.05, 3.63) is 0 Å². The molecule has 7 nitrogen and oxygen atoms in total. The van der Waals surface area contributed by atoms with Gasteiger partial charge in [0.2, 0.25) is 5.91 Å². The van der Waals surface area contributed by atoms with Gasteiger partial charge in [-0.15, -0.1) is 0 Å². The Morgan fingerprint density at radius 3 is 2.41 bits per heavy atom. The summed E-state index contributed by atoms with van der Waals surface area (Å²) in [7, 11) is -2.24. The molecule has 0 aromatic carbocycles. The minimum atomic E-state index is -2.24. The lowest BCUT2D eigenvalue weighted by Gasteiger charge is -2.35. The summed E-state index contributed by atoms with van der Waals surface area (Å²) < 4.78 is 11.2. The van der Waals surface area contributed by atoms with Crippen molar-refractivity contribution in [1.82, 2.24) is 5.32 Å². The second kappa shape index (κ2) is 8.89. The summed E-state index contributed by atoms with van der Waals surface area (Å²) in [6, 6.07) is -1.03. The Bertz CT molecular complexity index is 385. The molecule has 1 saturated carbocycles. The highest BCUT2D eigenvalue weighted by atomic mass is 31.1. The van der Waals surface area contributed by atoms with E-state index in [9.17, 15) is 24.5 Å². The third kappa shape index (κ3) is 6.26. The highest BCUT2D eigenvalue weighted by molar-refractivity contribution is 7.38. The molecular weight excluding hydrogens is 307 g/mol. The lowest BCUT2D eigenvalue weighted by atomic mass is 9.72. The van der Waals surface area contributed by atoms with Crippen LogP contribution in [0.25, 0.3) is 0 Å². The number of aliphatic hydroxyl groups is 2. The molecule has 1 aliphatic rings. The van der Waals surface area contributed by atoms with Gasteiger partial charge in [-0.1, -0.05) is 19.3 Å². The van der Waals surface area contributed by atoms with Gasteiger partial charge in [0.25, 0.3) is 0 Å². The van der Waals surface area contributed by atoms with Crippen molar-refractivity contribution in [2.45, 2.75) is 63.7 Å². The van der Waals surface area contributed by atoms with E-state index in [-0.39, 0.29) is 18.1 Å². The zero-order valence-electron chi connectivity index (χ0n) is 13.1. The molecule has 0 aliphatic heterocycles. The molecule has 0 spiro atoms. The molecule has 0 heterocycles. The van der Waals surface area contributed by atoms with Crippen LogP contribution in [0.2, 0.25) is 0 Å². The largest absolute Gasteiger partial charge is 0.506 e. The zero-order chi connectivity index (χ0) is 16.8. The second-order valence-corrected chi connectivity index (χ2v) is 7.46. The van der Waals surface area contributed by atoms with Crippen LogP contribution in [0.3, 0.4) is 0 Å². The fourth-order valence-corrected chi connectivity index (χ4v) is 4.16. The Kier molecular flexibility index (Phi) is 7.86. The Morgan fingerprint density at radius 2 is 1.91 bits per heavy atom. The number of carbonyl (C=O) groups is 1. The summed E-state index contributed by atoms with van der Waals surface area (Å²) >= 11 is 0. The van der Waals surface area contributed by atoms with E-state index in [0.29, 0.717) is 6.42 Å². The number of nitrogens with two attached hydrogens (primary N) is 1. The second-order valence-electron chi connectivity index (χ2n) is 6.44. The van der Waals surface area contributed by atoms with Gasteiger partial charge < -0.3 is 21.3 Å². The predicted molar refractivity (Wildman–Crippen MR) is 83.5 cm³/mol. The summed E-state index contributed by atoms with van der Waals surface area (Å²) in [6.45, 7) is 1.46. The number of carbonyl (C=O) groups excluding carboxylic acids is 1. The van der Waals surface area contributed by atoms with Crippen molar-refractivity contribution in [2.75, 3.05) is 12.7 Å². The molecule has 1 fully saturated rings. The van der Waals surface area contributed by atoms with E-state index in [1.54, 1.807) is 0 Å². The summed E-state index contributed by atoms with van der Waals surface area (Å²) in [6.07, 6.45) is 3.59. The third-order valence-corrected chi connectivity index (χ3v) is 5.33. The van der Waals surface area contributed by atoms with Crippen LogP contribution in [0, 0.1) is 5.41 Å². The van der Waals surface area contributed by atoms with Gasteiger partial charge in [-0.2, -0.15) is 4.89 Å². The van der Waals surface area contributed by atoms with Crippen molar-refractivity contribution in [2.24, 2.45) is 11.1 Å². The van der Waals surface area contributed by atoms with Gasteiger partial charge in [0.05, 0.1) is 12.2 Å². The molecule has 0 radical (unpaired) electrons. The molecule has 0 aromatic rings. The lowest BCUT2D eigenvalue weighted by Crippen LogP contribution is -2.49. The van der Waals surface area contributed by atoms with Crippen LogP contribution in [0.5, 0.6) is 0 Å². The van der Waals surface area contributed by atoms with Gasteiger partial charge in [0.1, 0.15) is 6.04 Å². The summed E-state index contributed by atoms with van der Waals surface area (Å²) in [5.41, 5.74) is 5.18. The number of hydrogen-bond acceptors (Lipinski definition) is 5. The van der Waals surface area contributed by atoms with Crippen molar-refractivity contribution in [1.29, 1.82) is 0 Å². The first-order valence-corrected chi connectivity index (χ1v) is 9.18. The van der Waals surface area contributed by atoms with Crippen LogP contribution >= 0.6 is 8.03 Å². The third-order valence-electron chi connectivity index (χ3n) is 4.39. The van der Waals surface area contributed by atoms with E-state index in [0.717, 1.165) is 32.1 Å². The summed E-state index contributed by atoms with van der Waals surface area (Å²) in [4.78, 5) is 20.9. The first kappa shape index (κ1) is 19.5. The standard InChI is InChI=1S/C14H27N2O5P/c1-10(17)12(15)13(19)16-8-11(18)7-14(9-22(20)21)5-3-2-4-6-14/h10-12,17-18H,2-9,15H2,1H3,(H-,16,19,20,21)/p+1. The topological polar surface area (TPSA) is 133 Å². The van der Waals surface area contributed by atoms with Crippen LogP contribution in [0.15, 0.2) is 0 Å². The fraction of sp³-hybridized carbons (Fsp3) is 0.929. The van der Waals surface area contributed by atoms with E-state index < -0.39 is 32.2 Å². The summed E-state index contributed by atoms with van der Waals surface area (Å²) in [5, 5.41) is 21.9. The maximum Gasteiger partial charge on any atom is 0.506 e. The lowest BCUT2D eigenvalue weighted by molar-refractivity contribution is -0.125. The maximum absolute atomic E-state index is 11.6. The minimum absolute atomic E-state index is 0.0310. The van der Waals surface area contributed by atoms with Gasteiger partial charge in [-0.05, 0) is 30.8 Å². The molecule has 8 heteroatoms. The minimum Gasteiger partial charge on any atom is -0.391 e. The van der Waals surface area contributed by atoms with E-state index in [4.69, 9.17) is 5.73 Å². The van der Waals surface area contributed by atoms with Gasteiger partial charge in [0, 0.05) is 12.0 Å². The Balaban J connectivity index is 2.51.